The summed E-state index contributed by atoms with van der Waals surface area (Å²) >= 11 is 0. The molecule has 1 fully saturated rings. The fourth-order valence-corrected chi connectivity index (χ4v) is 7.26. The number of nitrogens with two attached hydrogens (primary N) is 1. The number of para-hydroxylation sites is 2. The Morgan fingerprint density at radius 3 is 2.46 bits per heavy atom. The number of ketones is 1. The van der Waals surface area contributed by atoms with Gasteiger partial charge in [-0.05, 0) is 31.0 Å². The van der Waals surface area contributed by atoms with Crippen LogP contribution in [0.25, 0.3) is 43.6 Å². The molecule has 7 nitrogen and oxygen atoms in total. The van der Waals surface area contributed by atoms with Gasteiger partial charge >= 0.3 is 0 Å². The Balaban J connectivity index is 1.73. The monoisotopic (exact) mass is 464 g/mol. The van der Waals surface area contributed by atoms with Gasteiger partial charge in [0.05, 0.1) is 22.1 Å². The Morgan fingerprint density at radius 2 is 1.71 bits per heavy atom. The number of nitrogens with zero attached hydrogens (tertiary/aromatic N) is 2. The summed E-state index contributed by atoms with van der Waals surface area (Å²) in [4.78, 5) is 26.7. The Bertz CT molecular complexity index is 1830. The van der Waals surface area contributed by atoms with Crippen LogP contribution >= 0.6 is 0 Å². The smallest absolute Gasteiger partial charge is 0.245 e. The molecule has 4 heterocycles. The van der Waals surface area contributed by atoms with Crippen LogP contribution in [0, 0.1) is 0 Å². The van der Waals surface area contributed by atoms with Crippen LogP contribution in [-0.4, -0.2) is 33.4 Å². The van der Waals surface area contributed by atoms with Gasteiger partial charge < -0.3 is 24.9 Å². The summed E-state index contributed by atoms with van der Waals surface area (Å²) in [5.74, 6) is -0.0531. The summed E-state index contributed by atoms with van der Waals surface area (Å²) in [6.45, 7) is 1.94. The van der Waals surface area contributed by atoms with Crippen molar-refractivity contribution in [2.75, 3.05) is 7.05 Å². The van der Waals surface area contributed by atoms with Crippen molar-refractivity contribution < 1.29 is 14.3 Å². The number of Topliss-reactive ketones (excluding diaryl/α,β-unsaturated/α-hetero) is 1. The minimum absolute atomic E-state index is 0.196. The molecule has 35 heavy (non-hydrogen) atoms. The Labute approximate surface area is 200 Å². The van der Waals surface area contributed by atoms with Crippen LogP contribution in [0.15, 0.2) is 48.5 Å². The van der Waals surface area contributed by atoms with Gasteiger partial charge in [-0.3, -0.25) is 9.59 Å². The first-order valence-electron chi connectivity index (χ1n) is 12.1. The minimum atomic E-state index is -1.30. The number of rotatable bonds is 1. The highest BCUT2D eigenvalue weighted by Gasteiger charge is 2.63. The molecule has 3 atom stereocenters. The number of aromatic nitrogens is 2. The van der Waals surface area contributed by atoms with Gasteiger partial charge in [-0.25, -0.2) is 0 Å². The van der Waals surface area contributed by atoms with Gasteiger partial charge in [0, 0.05) is 47.0 Å². The van der Waals surface area contributed by atoms with Crippen LogP contribution in [0.5, 0.6) is 0 Å². The fourth-order valence-electron chi connectivity index (χ4n) is 7.26. The normalized spacial score (nSPS) is 26.9. The Kier molecular flexibility index (Phi) is 3.32. The predicted octanol–water partition coefficient (Wildman–Crippen LogP) is 4.08. The highest BCUT2D eigenvalue weighted by Crippen LogP contribution is 2.57. The molecule has 1 saturated heterocycles. The summed E-state index contributed by atoms with van der Waals surface area (Å²) in [7, 11) is 1.62. The van der Waals surface area contributed by atoms with Crippen molar-refractivity contribution in [3.63, 3.8) is 0 Å². The van der Waals surface area contributed by atoms with E-state index in [2.05, 4.69) is 38.7 Å². The van der Waals surface area contributed by atoms with Crippen molar-refractivity contribution in [1.29, 1.82) is 0 Å². The molecule has 5 aromatic rings. The Morgan fingerprint density at radius 1 is 1.03 bits per heavy atom. The molecule has 3 aromatic carbocycles. The number of hydrogen-bond acceptors (Lipinski definition) is 4. The SMILES string of the molecule is CNC(=O)[C@@]1(N)CC2OC1(C)n1c3ccccc3c3c4c(c5c6ccccc6n2c5c31)C(=O)CC4. The van der Waals surface area contributed by atoms with Gasteiger partial charge in [-0.15, -0.1) is 0 Å². The lowest BCUT2D eigenvalue weighted by Crippen LogP contribution is -2.65. The van der Waals surface area contributed by atoms with Crippen molar-refractivity contribution in [3.05, 3.63) is 59.7 Å². The zero-order chi connectivity index (χ0) is 23.9. The lowest BCUT2D eigenvalue weighted by atomic mass is 9.85. The summed E-state index contributed by atoms with van der Waals surface area (Å²) in [5, 5.41) is 6.96. The zero-order valence-electron chi connectivity index (χ0n) is 19.5. The number of nitrogens with one attached hydrogen (secondary N) is 1. The molecule has 7 heteroatoms. The molecule has 2 unspecified atom stereocenters. The number of benzene rings is 3. The van der Waals surface area contributed by atoms with E-state index in [0.717, 1.165) is 54.7 Å². The summed E-state index contributed by atoms with van der Waals surface area (Å²) in [5.41, 5.74) is 10.5. The van der Waals surface area contributed by atoms with E-state index in [1.54, 1.807) is 7.05 Å². The summed E-state index contributed by atoms with van der Waals surface area (Å²) in [6, 6.07) is 16.4. The number of likely N-dealkylation sites (N-methyl/N-ethyl adjacent to an activating group) is 1. The van der Waals surface area contributed by atoms with Crippen LogP contribution in [-0.2, 0) is 21.7 Å². The first kappa shape index (κ1) is 19.6. The van der Waals surface area contributed by atoms with Crippen molar-refractivity contribution in [2.24, 2.45) is 5.73 Å². The third kappa shape index (κ3) is 1.93. The number of carbonyl (C=O) groups excluding carboxylic acids is 2. The molecule has 1 aliphatic carbocycles. The molecule has 2 aromatic heterocycles. The standard InChI is InChI=1S/C28H24N4O3/c1-27-28(29,26(34)30-2)13-20(35-27)31-17-9-5-3-7-14(17)23-22-16(11-12-19(22)33)21-15-8-4-6-10-18(15)32(27)25(21)24(23)31/h3-10,20H,11-13,29H2,1-2H3,(H,30,34)/t20?,27?,28-/m0/s1. The molecular weight excluding hydrogens is 440 g/mol. The number of amides is 1. The molecule has 1 amide bonds. The molecule has 8 rings (SSSR count). The van der Waals surface area contributed by atoms with Gasteiger partial charge in [0.1, 0.15) is 11.8 Å². The van der Waals surface area contributed by atoms with E-state index >= 15 is 0 Å². The van der Waals surface area contributed by atoms with E-state index < -0.39 is 17.5 Å². The second-order valence-corrected chi connectivity index (χ2v) is 10.3. The third-order valence-electron chi connectivity index (χ3n) is 8.78. The van der Waals surface area contributed by atoms with E-state index in [-0.39, 0.29) is 11.7 Å². The van der Waals surface area contributed by atoms with E-state index in [0.29, 0.717) is 19.3 Å². The van der Waals surface area contributed by atoms with Gasteiger partial charge in [-0.2, -0.15) is 0 Å². The van der Waals surface area contributed by atoms with E-state index in [9.17, 15) is 9.59 Å². The zero-order valence-corrected chi connectivity index (χ0v) is 19.5. The van der Waals surface area contributed by atoms with Crippen molar-refractivity contribution in [1.82, 2.24) is 14.5 Å². The lowest BCUT2D eigenvalue weighted by Gasteiger charge is -2.39. The van der Waals surface area contributed by atoms with Gasteiger partial charge in [0.25, 0.3) is 0 Å². The minimum Gasteiger partial charge on any atom is -0.357 e. The maximum Gasteiger partial charge on any atom is 0.245 e. The molecule has 0 radical (unpaired) electrons. The van der Waals surface area contributed by atoms with Gasteiger partial charge in [0.15, 0.2) is 11.5 Å². The number of fused-ring (bicyclic) bond motifs is 13. The molecule has 3 N–H and O–H groups in total. The van der Waals surface area contributed by atoms with E-state index in [1.807, 2.05) is 31.2 Å². The first-order valence-corrected chi connectivity index (χ1v) is 12.1. The number of aryl methyl sites for hydroxylation is 1. The molecular formula is C28H24N4O3. The van der Waals surface area contributed by atoms with E-state index in [4.69, 9.17) is 10.5 Å². The van der Waals surface area contributed by atoms with Gasteiger partial charge in [0.2, 0.25) is 5.91 Å². The molecule has 0 spiro atoms. The molecule has 3 aliphatic rings. The first-order chi connectivity index (χ1) is 16.9. The third-order valence-corrected chi connectivity index (χ3v) is 8.78. The molecule has 2 aliphatic heterocycles. The largest absolute Gasteiger partial charge is 0.357 e. The van der Waals surface area contributed by atoms with Crippen LogP contribution in [0.1, 0.15) is 41.9 Å². The number of ether oxygens (including phenoxy) is 1. The summed E-state index contributed by atoms with van der Waals surface area (Å²) < 4.78 is 11.2. The lowest BCUT2D eigenvalue weighted by molar-refractivity contribution is -0.148. The van der Waals surface area contributed by atoms with Crippen LogP contribution < -0.4 is 11.1 Å². The van der Waals surface area contributed by atoms with Crippen molar-refractivity contribution in [3.8, 4) is 0 Å². The van der Waals surface area contributed by atoms with Crippen molar-refractivity contribution >= 4 is 55.3 Å². The maximum absolute atomic E-state index is 13.4. The average molecular weight is 465 g/mol. The van der Waals surface area contributed by atoms with Crippen molar-refractivity contribution in [2.45, 2.75) is 43.7 Å². The second-order valence-electron chi connectivity index (χ2n) is 10.3. The van der Waals surface area contributed by atoms with Crippen LogP contribution in [0.2, 0.25) is 0 Å². The molecule has 2 bridgehead atoms. The highest BCUT2D eigenvalue weighted by atomic mass is 16.5. The second kappa shape index (κ2) is 5.93. The highest BCUT2D eigenvalue weighted by molar-refractivity contribution is 6.31. The quantitative estimate of drug-likeness (QED) is 0.391. The predicted molar refractivity (Wildman–Crippen MR) is 134 cm³/mol. The topological polar surface area (TPSA) is 91.3 Å². The number of hydrogen-bond donors (Lipinski definition) is 2. The average Bonchev–Trinajstić information content (AvgIpc) is 3.55. The summed E-state index contributed by atoms with van der Waals surface area (Å²) in [6.07, 6.45) is 1.08. The fraction of sp³-hybridized carbons (Fsp3) is 0.286. The van der Waals surface area contributed by atoms with Gasteiger partial charge in [-0.1, -0.05) is 36.4 Å². The van der Waals surface area contributed by atoms with E-state index in [1.165, 1.54) is 0 Å². The molecule has 0 saturated carbocycles. The maximum atomic E-state index is 13.4. The van der Waals surface area contributed by atoms with Crippen LogP contribution in [0.4, 0.5) is 0 Å². The number of carbonyl (C=O) groups is 2. The molecule has 174 valence electrons. The van der Waals surface area contributed by atoms with Crippen LogP contribution in [0.3, 0.4) is 0 Å². The Hall–Kier alpha value is -3.68.